The number of thioether (sulfide) groups is 1. The Balaban J connectivity index is 2.75. The maximum Gasteiger partial charge on any atom is 0.253 e. The average Bonchev–Trinajstić information content (AvgIpc) is 2.35. The molecule has 0 aliphatic carbocycles. The number of para-hydroxylation sites is 1. The summed E-state index contributed by atoms with van der Waals surface area (Å²) in [7, 11) is 1.60. The monoisotopic (exact) mass is 270 g/mol. The highest BCUT2D eigenvalue weighted by Gasteiger charge is 2.15. The summed E-state index contributed by atoms with van der Waals surface area (Å²) in [5.41, 5.74) is 0.580. The first kappa shape index (κ1) is 14.8. The number of hydrogen-bond donors (Lipinski definition) is 2. The van der Waals surface area contributed by atoms with Gasteiger partial charge in [0.15, 0.2) is 0 Å². The molecule has 0 aromatic heterocycles. The molecule has 2 N–H and O–H groups in total. The Morgan fingerprint density at radius 3 is 2.83 bits per heavy atom. The fourth-order valence-electron chi connectivity index (χ4n) is 1.61. The minimum Gasteiger partial charge on any atom is -0.385 e. The number of carbonyl (C=O) groups excluding carboxylic acids is 1. The number of halogens is 1. The van der Waals surface area contributed by atoms with Gasteiger partial charge in [0, 0.05) is 18.8 Å². The van der Waals surface area contributed by atoms with E-state index in [4.69, 9.17) is 0 Å². The molecule has 3 nitrogen and oxygen atoms in total. The van der Waals surface area contributed by atoms with E-state index in [0.29, 0.717) is 5.56 Å². The van der Waals surface area contributed by atoms with Crippen molar-refractivity contribution >= 4 is 23.4 Å². The van der Waals surface area contributed by atoms with Gasteiger partial charge in [-0.15, -0.1) is 0 Å². The van der Waals surface area contributed by atoms with E-state index in [9.17, 15) is 9.18 Å². The Bertz CT molecular complexity index is 412. The predicted molar refractivity (Wildman–Crippen MR) is 75.9 cm³/mol. The van der Waals surface area contributed by atoms with Crippen LogP contribution in [0.1, 0.15) is 24.2 Å². The fourth-order valence-corrected chi connectivity index (χ4v) is 2.28. The number of nitrogens with one attached hydrogen (secondary N) is 2. The molecule has 1 rings (SSSR count). The lowest BCUT2D eigenvalue weighted by molar-refractivity contribution is 0.0944. The minimum absolute atomic E-state index is 0.0652. The highest BCUT2D eigenvalue weighted by Crippen LogP contribution is 2.19. The van der Waals surface area contributed by atoms with Gasteiger partial charge in [-0.05, 0) is 24.8 Å². The van der Waals surface area contributed by atoms with E-state index < -0.39 is 5.82 Å². The van der Waals surface area contributed by atoms with Gasteiger partial charge in [0.1, 0.15) is 5.82 Å². The highest BCUT2D eigenvalue weighted by atomic mass is 32.2. The number of carbonyl (C=O) groups is 1. The Labute approximate surface area is 112 Å². The van der Waals surface area contributed by atoms with Gasteiger partial charge in [0.2, 0.25) is 0 Å². The number of hydrogen-bond acceptors (Lipinski definition) is 3. The molecule has 1 amide bonds. The molecule has 0 saturated heterocycles. The van der Waals surface area contributed by atoms with Crippen molar-refractivity contribution in [1.82, 2.24) is 5.32 Å². The number of amides is 1. The lowest BCUT2D eigenvalue weighted by atomic mass is 10.1. The first-order chi connectivity index (χ1) is 8.60. The third kappa shape index (κ3) is 3.91. The zero-order valence-electron chi connectivity index (χ0n) is 10.9. The van der Waals surface area contributed by atoms with E-state index in [0.717, 1.165) is 11.5 Å². The summed E-state index contributed by atoms with van der Waals surface area (Å²) in [5.74, 6) is 1.21. The molecule has 100 valence electrons. The summed E-state index contributed by atoms with van der Waals surface area (Å²) in [6.45, 7) is 4.02. The van der Waals surface area contributed by atoms with Gasteiger partial charge >= 0.3 is 0 Å². The molecule has 1 aromatic carbocycles. The summed E-state index contributed by atoms with van der Waals surface area (Å²) < 4.78 is 13.5. The largest absolute Gasteiger partial charge is 0.385 e. The second-order valence-electron chi connectivity index (χ2n) is 3.95. The van der Waals surface area contributed by atoms with Gasteiger partial charge in [-0.2, -0.15) is 11.8 Å². The van der Waals surface area contributed by atoms with E-state index in [1.807, 2.05) is 6.92 Å². The summed E-state index contributed by atoms with van der Waals surface area (Å²) in [4.78, 5) is 12.0. The van der Waals surface area contributed by atoms with E-state index in [1.165, 1.54) is 12.1 Å². The molecule has 0 aliphatic heterocycles. The lowest BCUT2D eigenvalue weighted by Gasteiger charge is -2.15. The van der Waals surface area contributed by atoms with Crippen LogP contribution in [-0.4, -0.2) is 30.5 Å². The normalized spacial score (nSPS) is 12.0. The summed E-state index contributed by atoms with van der Waals surface area (Å²) in [6, 6.07) is 4.55. The van der Waals surface area contributed by atoms with Crippen molar-refractivity contribution in [2.24, 2.45) is 0 Å². The van der Waals surface area contributed by atoms with Crippen LogP contribution in [0.15, 0.2) is 18.2 Å². The van der Waals surface area contributed by atoms with Gasteiger partial charge < -0.3 is 10.6 Å². The first-order valence-corrected chi connectivity index (χ1v) is 7.10. The molecule has 18 heavy (non-hydrogen) atoms. The van der Waals surface area contributed by atoms with Gasteiger partial charge in [-0.1, -0.05) is 13.0 Å². The number of anilines is 1. The number of benzene rings is 1. The zero-order chi connectivity index (χ0) is 13.5. The van der Waals surface area contributed by atoms with Crippen molar-refractivity contribution in [3.63, 3.8) is 0 Å². The molecule has 0 aliphatic rings. The molecule has 0 bridgehead atoms. The summed E-state index contributed by atoms with van der Waals surface area (Å²) in [5, 5.41) is 5.59. The van der Waals surface area contributed by atoms with Crippen molar-refractivity contribution in [3.05, 3.63) is 29.6 Å². The molecule has 1 unspecified atom stereocenters. The van der Waals surface area contributed by atoms with E-state index in [-0.39, 0.29) is 17.6 Å². The van der Waals surface area contributed by atoms with Crippen LogP contribution in [0.3, 0.4) is 0 Å². The minimum atomic E-state index is -0.416. The van der Waals surface area contributed by atoms with Crippen molar-refractivity contribution in [3.8, 4) is 0 Å². The standard InChI is InChI=1S/C13H19FN2OS/c1-4-18-8-9(2)16-13(17)10-6-5-7-11(14)12(10)15-3/h5-7,9,15H,4,8H2,1-3H3,(H,16,17). The second-order valence-corrected chi connectivity index (χ2v) is 5.27. The predicted octanol–water partition coefficient (Wildman–Crippen LogP) is 2.74. The Morgan fingerprint density at radius 2 is 2.22 bits per heavy atom. The topological polar surface area (TPSA) is 41.1 Å². The van der Waals surface area contributed by atoms with Crippen LogP contribution in [0.4, 0.5) is 10.1 Å². The molecule has 1 atom stereocenters. The van der Waals surface area contributed by atoms with Crippen LogP contribution in [0.2, 0.25) is 0 Å². The quantitative estimate of drug-likeness (QED) is 0.835. The molecule has 0 spiro atoms. The molecule has 5 heteroatoms. The molecule has 1 aromatic rings. The SMILES string of the molecule is CCSCC(C)NC(=O)c1cccc(F)c1NC. The smallest absolute Gasteiger partial charge is 0.253 e. The van der Waals surface area contributed by atoms with Crippen molar-refractivity contribution in [2.75, 3.05) is 23.9 Å². The Kier molecular flexibility index (Phi) is 5.98. The van der Waals surface area contributed by atoms with Gasteiger partial charge in [-0.3, -0.25) is 4.79 Å². The fraction of sp³-hybridized carbons (Fsp3) is 0.462. The van der Waals surface area contributed by atoms with Crippen LogP contribution in [0.5, 0.6) is 0 Å². The van der Waals surface area contributed by atoms with Gasteiger partial charge in [-0.25, -0.2) is 4.39 Å². The van der Waals surface area contributed by atoms with Crippen molar-refractivity contribution < 1.29 is 9.18 Å². The van der Waals surface area contributed by atoms with Crippen LogP contribution in [0, 0.1) is 5.82 Å². The molecule has 0 fully saturated rings. The third-order valence-electron chi connectivity index (χ3n) is 2.46. The molecule has 0 radical (unpaired) electrons. The van der Waals surface area contributed by atoms with Crippen LogP contribution in [0.25, 0.3) is 0 Å². The van der Waals surface area contributed by atoms with Crippen molar-refractivity contribution in [2.45, 2.75) is 19.9 Å². The lowest BCUT2D eigenvalue weighted by Crippen LogP contribution is -2.34. The number of rotatable bonds is 6. The van der Waals surface area contributed by atoms with Crippen LogP contribution < -0.4 is 10.6 Å². The average molecular weight is 270 g/mol. The Morgan fingerprint density at radius 1 is 1.50 bits per heavy atom. The highest BCUT2D eigenvalue weighted by molar-refractivity contribution is 7.99. The first-order valence-electron chi connectivity index (χ1n) is 5.95. The molecule has 0 heterocycles. The molecular formula is C13H19FN2OS. The molecule has 0 saturated carbocycles. The summed E-state index contributed by atoms with van der Waals surface area (Å²) in [6.07, 6.45) is 0. The Hall–Kier alpha value is -1.23. The zero-order valence-corrected chi connectivity index (χ0v) is 11.7. The maximum absolute atomic E-state index is 13.5. The summed E-state index contributed by atoms with van der Waals surface area (Å²) >= 11 is 1.76. The van der Waals surface area contributed by atoms with E-state index in [2.05, 4.69) is 17.6 Å². The maximum atomic E-state index is 13.5. The van der Waals surface area contributed by atoms with Crippen LogP contribution >= 0.6 is 11.8 Å². The van der Waals surface area contributed by atoms with Crippen molar-refractivity contribution in [1.29, 1.82) is 0 Å². The van der Waals surface area contributed by atoms with Gasteiger partial charge in [0.05, 0.1) is 11.3 Å². The van der Waals surface area contributed by atoms with Gasteiger partial charge in [0.25, 0.3) is 5.91 Å². The molecular weight excluding hydrogens is 251 g/mol. The second kappa shape index (κ2) is 7.26. The van der Waals surface area contributed by atoms with Crippen LogP contribution in [-0.2, 0) is 0 Å². The third-order valence-corrected chi connectivity index (χ3v) is 3.60. The van der Waals surface area contributed by atoms with E-state index in [1.54, 1.807) is 24.9 Å². The van der Waals surface area contributed by atoms with E-state index >= 15 is 0 Å².